The Balaban J connectivity index is 4.25. The lowest BCUT2D eigenvalue weighted by Gasteiger charge is -2.22. The zero-order chi connectivity index (χ0) is 15.6. The molecule has 1 amide bonds. The highest BCUT2D eigenvalue weighted by Crippen LogP contribution is 2.10. The van der Waals surface area contributed by atoms with Crippen molar-refractivity contribution in [1.82, 2.24) is 5.32 Å². The molecule has 0 saturated carbocycles. The van der Waals surface area contributed by atoms with Gasteiger partial charge in [0, 0.05) is 0 Å². The van der Waals surface area contributed by atoms with Crippen LogP contribution in [-0.4, -0.2) is 30.8 Å². The monoisotopic (exact) mass is 285 g/mol. The number of hydrogen-bond acceptors (Lipinski definition) is 4. The van der Waals surface area contributed by atoms with E-state index in [4.69, 9.17) is 9.47 Å². The topological polar surface area (TPSA) is 64.6 Å². The molecule has 0 spiro atoms. The molecule has 0 saturated heterocycles. The minimum Gasteiger partial charge on any atom is -0.467 e. The van der Waals surface area contributed by atoms with E-state index >= 15 is 0 Å². The van der Waals surface area contributed by atoms with Gasteiger partial charge in [0.05, 0.1) is 7.11 Å². The van der Waals surface area contributed by atoms with Crippen LogP contribution in [0.5, 0.6) is 0 Å². The predicted octanol–water partition coefficient (Wildman–Crippen LogP) is 3.19. The molecule has 5 heteroatoms. The first-order chi connectivity index (χ1) is 9.30. The summed E-state index contributed by atoms with van der Waals surface area (Å²) in [6, 6.07) is -0.654. The van der Waals surface area contributed by atoms with Crippen molar-refractivity contribution in [3.63, 3.8) is 0 Å². The van der Waals surface area contributed by atoms with Crippen LogP contribution in [-0.2, 0) is 14.3 Å². The molecule has 0 aromatic carbocycles. The smallest absolute Gasteiger partial charge is 0.408 e. The molecular weight excluding hydrogens is 258 g/mol. The van der Waals surface area contributed by atoms with Crippen molar-refractivity contribution in [3.05, 3.63) is 12.7 Å². The van der Waals surface area contributed by atoms with E-state index in [0.717, 1.165) is 25.7 Å². The summed E-state index contributed by atoms with van der Waals surface area (Å²) < 4.78 is 9.83. The number of allylic oxidation sites excluding steroid dienone is 1. The summed E-state index contributed by atoms with van der Waals surface area (Å²) in [5, 5.41) is 2.56. The molecule has 20 heavy (non-hydrogen) atoms. The van der Waals surface area contributed by atoms with E-state index in [-0.39, 0.29) is 0 Å². The fourth-order valence-corrected chi connectivity index (χ4v) is 1.65. The highest BCUT2D eigenvalue weighted by molar-refractivity contribution is 5.81. The molecule has 0 aliphatic heterocycles. The van der Waals surface area contributed by atoms with Crippen LogP contribution in [0.4, 0.5) is 4.79 Å². The van der Waals surface area contributed by atoms with Crippen molar-refractivity contribution in [2.24, 2.45) is 0 Å². The molecule has 0 aromatic heterocycles. The molecule has 0 fully saturated rings. The van der Waals surface area contributed by atoms with Crippen molar-refractivity contribution in [2.45, 2.75) is 64.5 Å². The highest BCUT2D eigenvalue weighted by atomic mass is 16.6. The Labute approximate surface area is 121 Å². The quantitative estimate of drug-likeness (QED) is 0.422. The fourth-order valence-electron chi connectivity index (χ4n) is 1.65. The standard InChI is InChI=1S/C15H27NO4/c1-6-7-8-9-10-11-12(13(17)19-5)16-14(18)20-15(2,3)4/h6,12H,1,7-11H2,2-5H3,(H,16,18)/t12-/m0/s1. The maximum absolute atomic E-state index is 11.7. The van der Waals surface area contributed by atoms with E-state index in [1.54, 1.807) is 20.8 Å². The van der Waals surface area contributed by atoms with Gasteiger partial charge in [0.15, 0.2) is 0 Å². The second-order valence-corrected chi connectivity index (χ2v) is 5.65. The molecule has 0 aliphatic rings. The molecule has 5 nitrogen and oxygen atoms in total. The summed E-state index contributed by atoms with van der Waals surface area (Å²) in [4.78, 5) is 23.3. The number of nitrogens with one attached hydrogen (secondary N) is 1. The van der Waals surface area contributed by atoms with Gasteiger partial charge in [0.25, 0.3) is 0 Å². The maximum Gasteiger partial charge on any atom is 0.408 e. The number of hydrogen-bond donors (Lipinski definition) is 1. The number of ether oxygens (including phenoxy) is 2. The summed E-state index contributed by atoms with van der Waals surface area (Å²) in [7, 11) is 1.31. The van der Waals surface area contributed by atoms with Gasteiger partial charge in [0.2, 0.25) is 0 Å². The van der Waals surface area contributed by atoms with Crippen LogP contribution in [0.25, 0.3) is 0 Å². The van der Waals surface area contributed by atoms with Crippen LogP contribution in [0.2, 0.25) is 0 Å². The summed E-state index contributed by atoms with van der Waals surface area (Å²) in [6.45, 7) is 8.98. The summed E-state index contributed by atoms with van der Waals surface area (Å²) in [5.74, 6) is -0.445. The SMILES string of the molecule is C=CCCCCC[C@H](NC(=O)OC(C)(C)C)C(=O)OC. The Morgan fingerprint density at radius 2 is 1.90 bits per heavy atom. The van der Waals surface area contributed by atoms with E-state index < -0.39 is 23.7 Å². The third kappa shape index (κ3) is 9.42. The van der Waals surface area contributed by atoms with Gasteiger partial charge in [-0.1, -0.05) is 18.9 Å². The predicted molar refractivity (Wildman–Crippen MR) is 78.5 cm³/mol. The normalized spacial score (nSPS) is 12.4. The van der Waals surface area contributed by atoms with Crippen LogP contribution < -0.4 is 5.32 Å². The lowest BCUT2D eigenvalue weighted by atomic mass is 10.1. The number of carbonyl (C=O) groups excluding carboxylic acids is 2. The molecule has 1 atom stereocenters. The first kappa shape index (κ1) is 18.5. The number of amides is 1. The van der Waals surface area contributed by atoms with Gasteiger partial charge in [-0.3, -0.25) is 0 Å². The number of rotatable bonds is 8. The van der Waals surface area contributed by atoms with Crippen LogP contribution >= 0.6 is 0 Å². The number of carbonyl (C=O) groups is 2. The van der Waals surface area contributed by atoms with Gasteiger partial charge in [-0.2, -0.15) is 0 Å². The minimum atomic E-state index is -0.654. The van der Waals surface area contributed by atoms with Crippen LogP contribution in [0.15, 0.2) is 12.7 Å². The molecule has 116 valence electrons. The highest BCUT2D eigenvalue weighted by Gasteiger charge is 2.24. The summed E-state index contributed by atoms with van der Waals surface area (Å²) >= 11 is 0. The summed E-state index contributed by atoms with van der Waals surface area (Å²) in [6.07, 6.45) is 5.63. The number of unbranched alkanes of at least 4 members (excludes halogenated alkanes) is 3. The molecule has 0 bridgehead atoms. The second kappa shape index (κ2) is 9.39. The Bertz CT molecular complexity index is 320. The Kier molecular flexibility index (Phi) is 8.68. The Morgan fingerprint density at radius 3 is 2.40 bits per heavy atom. The zero-order valence-electron chi connectivity index (χ0n) is 13.0. The second-order valence-electron chi connectivity index (χ2n) is 5.65. The first-order valence-electron chi connectivity index (χ1n) is 6.98. The van der Waals surface area contributed by atoms with Gasteiger partial charge >= 0.3 is 12.1 Å². The van der Waals surface area contributed by atoms with E-state index in [2.05, 4.69) is 11.9 Å². The van der Waals surface area contributed by atoms with Crippen molar-refractivity contribution in [1.29, 1.82) is 0 Å². The van der Waals surface area contributed by atoms with Crippen LogP contribution in [0.1, 0.15) is 52.9 Å². The Hall–Kier alpha value is -1.52. The number of esters is 1. The van der Waals surface area contributed by atoms with Crippen molar-refractivity contribution in [3.8, 4) is 0 Å². The van der Waals surface area contributed by atoms with Gasteiger partial charge in [-0.15, -0.1) is 6.58 Å². The third-order valence-electron chi connectivity index (χ3n) is 2.58. The molecule has 0 unspecified atom stereocenters. The summed E-state index contributed by atoms with van der Waals surface area (Å²) in [5.41, 5.74) is -0.589. The van der Waals surface area contributed by atoms with Crippen molar-refractivity contribution < 1.29 is 19.1 Å². The molecule has 1 N–H and O–H groups in total. The van der Waals surface area contributed by atoms with Crippen molar-refractivity contribution in [2.75, 3.05) is 7.11 Å². The van der Waals surface area contributed by atoms with Gasteiger partial charge in [0.1, 0.15) is 11.6 Å². The number of methoxy groups -OCH3 is 1. The molecule has 0 rings (SSSR count). The van der Waals surface area contributed by atoms with E-state index in [1.165, 1.54) is 7.11 Å². The lowest BCUT2D eigenvalue weighted by Crippen LogP contribution is -2.44. The van der Waals surface area contributed by atoms with E-state index in [9.17, 15) is 9.59 Å². The lowest BCUT2D eigenvalue weighted by molar-refractivity contribution is -0.143. The van der Waals surface area contributed by atoms with Crippen molar-refractivity contribution >= 4 is 12.1 Å². The molecule has 0 radical (unpaired) electrons. The van der Waals surface area contributed by atoms with Crippen LogP contribution in [0, 0.1) is 0 Å². The Morgan fingerprint density at radius 1 is 1.25 bits per heavy atom. The molecule has 0 heterocycles. The first-order valence-corrected chi connectivity index (χ1v) is 6.98. The third-order valence-corrected chi connectivity index (χ3v) is 2.58. The van der Waals surface area contributed by atoms with E-state index in [0.29, 0.717) is 6.42 Å². The maximum atomic E-state index is 11.7. The fraction of sp³-hybridized carbons (Fsp3) is 0.733. The molecule has 0 aromatic rings. The van der Waals surface area contributed by atoms with Gasteiger partial charge in [-0.05, 0) is 40.0 Å². The number of alkyl carbamates (subject to hydrolysis) is 1. The van der Waals surface area contributed by atoms with Crippen LogP contribution in [0.3, 0.4) is 0 Å². The van der Waals surface area contributed by atoms with Gasteiger partial charge < -0.3 is 14.8 Å². The largest absolute Gasteiger partial charge is 0.467 e. The molecule has 0 aliphatic carbocycles. The average Bonchev–Trinajstić information content (AvgIpc) is 2.34. The van der Waals surface area contributed by atoms with Gasteiger partial charge in [-0.25, -0.2) is 9.59 Å². The zero-order valence-corrected chi connectivity index (χ0v) is 13.0. The molecular formula is C15H27NO4. The minimum absolute atomic E-state index is 0.445. The average molecular weight is 285 g/mol. The van der Waals surface area contributed by atoms with E-state index in [1.807, 2.05) is 6.08 Å².